The summed E-state index contributed by atoms with van der Waals surface area (Å²) in [4.78, 5) is 21.0. The van der Waals surface area contributed by atoms with Gasteiger partial charge < -0.3 is 4.90 Å². The zero-order valence-electron chi connectivity index (χ0n) is 21.3. The highest BCUT2D eigenvalue weighted by atomic mass is 19.1. The first-order valence-corrected chi connectivity index (χ1v) is 12.9. The first-order chi connectivity index (χ1) is 18.5. The van der Waals surface area contributed by atoms with Crippen molar-refractivity contribution < 1.29 is 9.18 Å². The summed E-state index contributed by atoms with van der Waals surface area (Å²) in [6, 6.07) is 22.1. The molecule has 2 aliphatic rings. The summed E-state index contributed by atoms with van der Waals surface area (Å²) in [5, 5.41) is 4.64. The molecule has 2 heterocycles. The summed E-state index contributed by atoms with van der Waals surface area (Å²) in [5.41, 5.74) is 5.66. The molecule has 0 radical (unpaired) electrons. The third kappa shape index (κ3) is 4.06. The van der Waals surface area contributed by atoms with Crippen molar-refractivity contribution in [2.75, 3.05) is 7.05 Å². The number of aromatic nitrogens is 3. The average Bonchev–Trinajstić information content (AvgIpc) is 3.38. The van der Waals surface area contributed by atoms with Crippen LogP contribution in [0.15, 0.2) is 97.3 Å². The molecule has 0 saturated heterocycles. The molecule has 0 unspecified atom stereocenters. The lowest BCUT2D eigenvalue weighted by Gasteiger charge is -2.47. The van der Waals surface area contributed by atoms with E-state index in [0.717, 1.165) is 46.6 Å². The van der Waals surface area contributed by atoms with Crippen molar-refractivity contribution >= 4 is 17.6 Å². The topological polar surface area (TPSA) is 51.0 Å². The van der Waals surface area contributed by atoms with Crippen molar-refractivity contribution in [2.24, 2.45) is 5.41 Å². The lowest BCUT2D eigenvalue weighted by molar-refractivity contribution is 0.0738. The number of benzene rings is 2. The summed E-state index contributed by atoms with van der Waals surface area (Å²) < 4.78 is 15.4. The molecule has 1 saturated carbocycles. The van der Waals surface area contributed by atoms with Gasteiger partial charge in [0, 0.05) is 25.0 Å². The van der Waals surface area contributed by atoms with Crippen LogP contribution in [0.1, 0.15) is 46.6 Å². The number of halogens is 1. The Morgan fingerprint density at radius 2 is 1.84 bits per heavy atom. The monoisotopic (exact) mass is 504 g/mol. The number of Topliss-reactive ketones (excluding diaryl/α,β-unsaturated/α-hetero) is 1. The van der Waals surface area contributed by atoms with E-state index in [1.165, 1.54) is 12.1 Å². The number of pyridine rings is 1. The summed E-state index contributed by atoms with van der Waals surface area (Å²) in [6.45, 7) is 4.38. The maximum absolute atomic E-state index is 14.3. The molecule has 0 spiro atoms. The number of carbonyl (C=O) groups excluding carboxylic acids is 1. The van der Waals surface area contributed by atoms with E-state index in [1.54, 1.807) is 18.3 Å². The Kier molecular flexibility index (Phi) is 6.03. The van der Waals surface area contributed by atoms with Gasteiger partial charge in [-0.25, -0.2) is 9.07 Å². The summed E-state index contributed by atoms with van der Waals surface area (Å²) in [7, 11) is 2.08. The van der Waals surface area contributed by atoms with Crippen LogP contribution in [0.4, 0.5) is 4.39 Å². The van der Waals surface area contributed by atoms with E-state index in [1.807, 2.05) is 47.3 Å². The Morgan fingerprint density at radius 3 is 2.58 bits per heavy atom. The van der Waals surface area contributed by atoms with Gasteiger partial charge in [-0.1, -0.05) is 48.6 Å². The van der Waals surface area contributed by atoms with Crippen molar-refractivity contribution in [3.05, 3.63) is 126 Å². The van der Waals surface area contributed by atoms with Crippen molar-refractivity contribution in [3.63, 3.8) is 0 Å². The third-order valence-electron chi connectivity index (χ3n) is 8.12. The largest absolute Gasteiger partial charge is 0.372 e. The Hall–Kier alpha value is -4.32. The molecule has 2 aromatic carbocycles. The molecule has 0 bridgehead atoms. The van der Waals surface area contributed by atoms with E-state index in [0.29, 0.717) is 18.5 Å². The van der Waals surface area contributed by atoms with Crippen LogP contribution < -0.4 is 0 Å². The number of allylic oxidation sites excluding steroid dienone is 1. The molecule has 4 aromatic rings. The molecular formula is C32H29FN4O. The Labute approximate surface area is 222 Å². The zero-order valence-corrected chi connectivity index (χ0v) is 21.3. The molecule has 5 nitrogen and oxygen atoms in total. The van der Waals surface area contributed by atoms with Crippen molar-refractivity contribution in [2.45, 2.75) is 31.7 Å². The van der Waals surface area contributed by atoms with Crippen LogP contribution in [-0.4, -0.2) is 38.5 Å². The fraction of sp³-hybridized carbons (Fsp3) is 0.219. The molecule has 2 atom stereocenters. The first kappa shape index (κ1) is 24.0. The molecule has 0 N–H and O–H groups in total. The van der Waals surface area contributed by atoms with Crippen LogP contribution in [0.3, 0.4) is 0 Å². The number of fused-ring (bicyclic) bond motifs is 2. The molecule has 0 aliphatic heterocycles. The number of rotatable bonds is 6. The quantitative estimate of drug-likeness (QED) is 0.286. The summed E-state index contributed by atoms with van der Waals surface area (Å²) >= 11 is 0. The number of ketones is 1. The van der Waals surface area contributed by atoms with Crippen LogP contribution in [0.2, 0.25) is 0 Å². The van der Waals surface area contributed by atoms with E-state index in [9.17, 15) is 9.18 Å². The van der Waals surface area contributed by atoms with Gasteiger partial charge in [0.2, 0.25) is 0 Å². The SMILES string of the molecule is C=C(c1ccccc1)N(C)[C@H]1CCC2=Cc3c(cnn3-c3ccc(F)cc3)C[C@]2(C(=O)c2ccccn2)C1. The Balaban J connectivity index is 1.40. The van der Waals surface area contributed by atoms with Gasteiger partial charge in [-0.05, 0) is 79.3 Å². The van der Waals surface area contributed by atoms with Crippen LogP contribution >= 0.6 is 0 Å². The van der Waals surface area contributed by atoms with E-state index >= 15 is 0 Å². The highest BCUT2D eigenvalue weighted by Gasteiger charge is 2.50. The Bertz CT molecular complexity index is 1520. The van der Waals surface area contributed by atoms with Gasteiger partial charge in [-0.15, -0.1) is 0 Å². The van der Waals surface area contributed by atoms with E-state index in [-0.39, 0.29) is 17.6 Å². The van der Waals surface area contributed by atoms with Crippen LogP contribution in [0.25, 0.3) is 17.5 Å². The highest BCUT2D eigenvalue weighted by Crippen LogP contribution is 2.51. The lowest BCUT2D eigenvalue weighted by atomic mass is 9.60. The van der Waals surface area contributed by atoms with E-state index in [2.05, 4.69) is 46.8 Å². The zero-order chi connectivity index (χ0) is 26.3. The molecule has 2 aliphatic carbocycles. The number of carbonyl (C=O) groups is 1. The second kappa shape index (κ2) is 9.53. The van der Waals surface area contributed by atoms with Gasteiger partial charge in [-0.2, -0.15) is 5.10 Å². The standard InChI is InChI=1S/C32H29FN4O/c1-22(23-8-4-3-5-9-23)36(2)28-14-11-25-18-30-24(21-35-37(30)27-15-12-26(33)13-16-27)19-32(25,20-28)31(38)29-10-6-7-17-34-29/h3-10,12-13,15-18,21,28H,1,11,14,19-20H2,2H3/t28-,32-/m0/s1. The molecule has 1 fully saturated rings. The predicted octanol–water partition coefficient (Wildman–Crippen LogP) is 6.37. The predicted molar refractivity (Wildman–Crippen MR) is 147 cm³/mol. The smallest absolute Gasteiger partial charge is 0.191 e. The normalized spacial score (nSPS) is 20.2. The minimum Gasteiger partial charge on any atom is -0.372 e. The average molecular weight is 505 g/mol. The maximum atomic E-state index is 14.3. The van der Waals surface area contributed by atoms with Crippen molar-refractivity contribution in [1.29, 1.82) is 0 Å². The molecule has 6 rings (SSSR count). The minimum absolute atomic E-state index is 0.0490. The van der Waals surface area contributed by atoms with Gasteiger partial charge in [0.25, 0.3) is 0 Å². The highest BCUT2D eigenvalue weighted by molar-refractivity contribution is 6.02. The molecular weight excluding hydrogens is 475 g/mol. The summed E-state index contributed by atoms with van der Waals surface area (Å²) in [5.74, 6) is -0.236. The van der Waals surface area contributed by atoms with Crippen LogP contribution in [0, 0.1) is 11.2 Å². The van der Waals surface area contributed by atoms with Crippen LogP contribution in [0.5, 0.6) is 0 Å². The van der Waals surface area contributed by atoms with Gasteiger partial charge in [-0.3, -0.25) is 9.78 Å². The Morgan fingerprint density at radius 1 is 1.08 bits per heavy atom. The van der Waals surface area contributed by atoms with Gasteiger partial charge in [0.15, 0.2) is 5.78 Å². The van der Waals surface area contributed by atoms with Crippen LogP contribution in [-0.2, 0) is 6.42 Å². The fourth-order valence-electron chi connectivity index (χ4n) is 6.00. The molecule has 2 aromatic heterocycles. The van der Waals surface area contributed by atoms with Gasteiger partial charge in [0.1, 0.15) is 11.5 Å². The molecule has 0 amide bonds. The minimum atomic E-state index is -0.716. The van der Waals surface area contributed by atoms with Gasteiger partial charge >= 0.3 is 0 Å². The summed E-state index contributed by atoms with van der Waals surface area (Å²) in [6.07, 6.45) is 8.56. The van der Waals surface area contributed by atoms with Crippen molar-refractivity contribution in [3.8, 4) is 5.69 Å². The van der Waals surface area contributed by atoms with E-state index < -0.39 is 5.41 Å². The number of hydrogen-bond donors (Lipinski definition) is 0. The first-order valence-electron chi connectivity index (χ1n) is 12.9. The number of nitrogens with zero attached hydrogens (tertiary/aromatic N) is 4. The molecule has 190 valence electrons. The van der Waals surface area contributed by atoms with E-state index in [4.69, 9.17) is 0 Å². The second-order valence-electron chi connectivity index (χ2n) is 10.2. The lowest BCUT2D eigenvalue weighted by Crippen LogP contribution is -2.47. The van der Waals surface area contributed by atoms with Gasteiger partial charge in [0.05, 0.1) is 23.0 Å². The third-order valence-corrected chi connectivity index (χ3v) is 8.12. The number of hydrogen-bond acceptors (Lipinski definition) is 4. The van der Waals surface area contributed by atoms with Crippen molar-refractivity contribution in [1.82, 2.24) is 19.7 Å². The second-order valence-corrected chi connectivity index (χ2v) is 10.2. The molecule has 6 heteroatoms. The fourth-order valence-corrected chi connectivity index (χ4v) is 6.00. The molecule has 38 heavy (non-hydrogen) atoms. The maximum Gasteiger partial charge on any atom is 0.191 e.